The van der Waals surface area contributed by atoms with Gasteiger partial charge >= 0.3 is 12.3 Å². The van der Waals surface area contributed by atoms with Crippen molar-refractivity contribution in [1.82, 2.24) is 0 Å². The second kappa shape index (κ2) is 8.93. The van der Waals surface area contributed by atoms with Gasteiger partial charge in [-0.15, -0.1) is 13.2 Å². The molecule has 1 atom stereocenters. The molecule has 1 heterocycles. The Bertz CT molecular complexity index is 1130. The molecule has 168 valence electrons. The summed E-state index contributed by atoms with van der Waals surface area (Å²) < 4.78 is 48.9. The van der Waals surface area contributed by atoms with Crippen molar-refractivity contribution in [2.45, 2.75) is 39.8 Å². The Kier molecular flexibility index (Phi) is 6.46. The molecular weight excluding hydrogens is 427 g/mol. The Hall–Kier alpha value is -3.51. The van der Waals surface area contributed by atoms with Gasteiger partial charge in [-0.05, 0) is 56.2 Å². The van der Waals surface area contributed by atoms with Gasteiger partial charge in [-0.25, -0.2) is 4.79 Å². The molecule has 0 bridgehead atoms. The van der Waals surface area contributed by atoms with Crippen LogP contribution < -0.4 is 9.64 Å². The van der Waals surface area contributed by atoms with Crippen molar-refractivity contribution in [3.05, 3.63) is 47.0 Å². The summed E-state index contributed by atoms with van der Waals surface area (Å²) in [6.07, 6.45) is -5.60. The Morgan fingerprint density at radius 3 is 2.62 bits per heavy atom. The number of alkyl halides is 3. The topological polar surface area (TPSA) is 76.1 Å². The van der Waals surface area contributed by atoms with E-state index in [-0.39, 0.29) is 23.6 Å². The minimum atomic E-state index is -4.93. The van der Waals surface area contributed by atoms with E-state index in [1.54, 1.807) is 32.9 Å². The van der Waals surface area contributed by atoms with E-state index in [0.29, 0.717) is 23.4 Å². The fraction of sp³-hybridized carbons (Fsp3) is 0.304. The maximum Gasteiger partial charge on any atom is 0.573 e. The first-order valence-corrected chi connectivity index (χ1v) is 9.71. The van der Waals surface area contributed by atoms with E-state index < -0.39 is 24.2 Å². The van der Waals surface area contributed by atoms with Crippen LogP contribution >= 0.6 is 0 Å². The van der Waals surface area contributed by atoms with Gasteiger partial charge in [0, 0.05) is 34.8 Å². The number of aliphatic carboxylic acids is 1. The number of carbonyl (C=O) groups excluding carboxylic acids is 1. The Morgan fingerprint density at radius 2 is 2.00 bits per heavy atom. The average molecular weight is 447 g/mol. The molecule has 0 radical (unpaired) electrons. The van der Waals surface area contributed by atoms with Crippen molar-refractivity contribution in [3.8, 4) is 28.7 Å². The van der Waals surface area contributed by atoms with Crippen molar-refractivity contribution in [1.29, 1.82) is 0 Å². The van der Waals surface area contributed by atoms with Gasteiger partial charge in [0.25, 0.3) is 5.91 Å². The third-order valence-electron chi connectivity index (χ3n) is 4.94. The van der Waals surface area contributed by atoms with E-state index in [9.17, 15) is 22.8 Å². The van der Waals surface area contributed by atoms with Gasteiger partial charge in [0.15, 0.2) is 0 Å². The minimum Gasteiger partial charge on any atom is -0.472 e. The summed E-state index contributed by atoms with van der Waals surface area (Å²) in [4.78, 5) is 25.0. The number of rotatable bonds is 3. The molecule has 1 aliphatic heterocycles. The van der Waals surface area contributed by atoms with Crippen LogP contribution in [-0.4, -0.2) is 36.0 Å². The molecule has 9 heteroatoms. The second-order valence-electron chi connectivity index (χ2n) is 7.15. The van der Waals surface area contributed by atoms with E-state index in [4.69, 9.17) is 9.84 Å². The summed E-state index contributed by atoms with van der Waals surface area (Å²) in [6, 6.07) is 7.05. The van der Waals surface area contributed by atoms with Crippen LogP contribution in [0.3, 0.4) is 0 Å². The lowest BCUT2D eigenvalue weighted by Gasteiger charge is -2.24. The molecule has 1 amide bonds. The van der Waals surface area contributed by atoms with Gasteiger partial charge in [0.2, 0.25) is 0 Å². The number of carboxylic acid groups (broad SMARTS) is 1. The average Bonchev–Trinajstić information content (AvgIpc) is 2.82. The lowest BCUT2D eigenvalue weighted by atomic mass is 9.94. The lowest BCUT2D eigenvalue weighted by Crippen LogP contribution is -2.37. The molecule has 0 saturated carbocycles. The normalized spacial score (nSPS) is 16.0. The highest BCUT2D eigenvalue weighted by Crippen LogP contribution is 2.40. The van der Waals surface area contributed by atoms with Crippen molar-refractivity contribution in [2.75, 3.05) is 11.4 Å². The number of likely N-dealkylation sites (N-methyl/N-ethyl adjacent to an activating group) is 1. The van der Waals surface area contributed by atoms with Gasteiger partial charge in [0.1, 0.15) is 11.9 Å². The largest absolute Gasteiger partial charge is 0.573 e. The molecule has 2 aromatic rings. The monoisotopic (exact) mass is 447 g/mol. The Balaban J connectivity index is 2.23. The molecule has 0 aliphatic carbocycles. The van der Waals surface area contributed by atoms with Crippen molar-refractivity contribution < 1.29 is 37.3 Å². The zero-order valence-corrected chi connectivity index (χ0v) is 17.5. The van der Waals surface area contributed by atoms with Crippen LogP contribution in [0.5, 0.6) is 5.75 Å². The number of benzene rings is 2. The number of aryl methyl sites for hydroxylation is 1. The highest BCUT2D eigenvalue weighted by Gasteiger charge is 2.33. The molecule has 1 aliphatic rings. The predicted octanol–water partition coefficient (Wildman–Crippen LogP) is 4.27. The summed E-state index contributed by atoms with van der Waals surface area (Å²) in [5, 5.41) is 8.78. The minimum absolute atomic E-state index is 0.0709. The molecule has 0 fully saturated rings. The van der Waals surface area contributed by atoms with Crippen LogP contribution in [0.4, 0.5) is 18.9 Å². The zero-order chi connectivity index (χ0) is 23.6. The highest BCUT2D eigenvalue weighted by molar-refractivity contribution is 5.98. The van der Waals surface area contributed by atoms with Crippen LogP contribution in [0.25, 0.3) is 11.1 Å². The molecular formula is C23H20F3NO5. The molecule has 6 nitrogen and oxygen atoms in total. The Morgan fingerprint density at radius 1 is 1.28 bits per heavy atom. The number of carbonyl (C=O) groups is 2. The van der Waals surface area contributed by atoms with E-state index >= 15 is 0 Å². The van der Waals surface area contributed by atoms with Crippen molar-refractivity contribution in [2.24, 2.45) is 0 Å². The van der Waals surface area contributed by atoms with E-state index in [1.807, 2.05) is 5.92 Å². The third-order valence-corrected chi connectivity index (χ3v) is 4.94. The summed E-state index contributed by atoms with van der Waals surface area (Å²) in [6.45, 7) is 5.67. The number of carboxylic acids is 1. The molecule has 0 saturated heterocycles. The smallest absolute Gasteiger partial charge is 0.472 e. The Labute approximate surface area is 182 Å². The van der Waals surface area contributed by atoms with Gasteiger partial charge < -0.3 is 19.5 Å². The number of amides is 1. The number of hydrogen-bond donors (Lipinski definition) is 1. The van der Waals surface area contributed by atoms with Crippen molar-refractivity contribution in [3.63, 3.8) is 0 Å². The molecule has 0 spiro atoms. The standard InChI is InChI=1S/C23H20F3NO5/c1-4-27-19-11-17(13(2)9-16(19)12-31-14(3)22(27)30)18-10-15(6-8-21(28)29)5-7-20(18)32-23(24,25)26/h5,7,9-11,14H,4,12H2,1-3H3,(H,28,29). The number of anilines is 1. The maximum absolute atomic E-state index is 13.0. The SMILES string of the molecule is CCN1C(=O)C(C)OCc2cc(C)c(-c3cc(C#CC(=O)O)ccc3OC(F)(F)F)cc21. The summed E-state index contributed by atoms with van der Waals surface area (Å²) in [5.74, 6) is 2.25. The van der Waals surface area contributed by atoms with E-state index in [0.717, 1.165) is 11.6 Å². The second-order valence-corrected chi connectivity index (χ2v) is 7.15. The van der Waals surface area contributed by atoms with E-state index in [1.165, 1.54) is 17.0 Å². The third kappa shape index (κ3) is 5.03. The summed E-state index contributed by atoms with van der Waals surface area (Å²) in [5.41, 5.74) is 2.55. The number of halogens is 3. The van der Waals surface area contributed by atoms with Crippen LogP contribution in [-0.2, 0) is 20.9 Å². The number of hydrogen-bond acceptors (Lipinski definition) is 4. The first-order chi connectivity index (χ1) is 15.0. The van der Waals surface area contributed by atoms with Gasteiger partial charge in [-0.1, -0.05) is 12.0 Å². The highest BCUT2D eigenvalue weighted by atomic mass is 19.4. The lowest BCUT2D eigenvalue weighted by molar-refractivity contribution is -0.274. The van der Waals surface area contributed by atoms with Crippen molar-refractivity contribution >= 4 is 17.6 Å². The van der Waals surface area contributed by atoms with E-state index in [2.05, 4.69) is 10.7 Å². The van der Waals surface area contributed by atoms with Gasteiger partial charge in [-0.2, -0.15) is 0 Å². The fourth-order valence-corrected chi connectivity index (χ4v) is 3.52. The van der Waals surface area contributed by atoms with Gasteiger partial charge in [0.05, 0.1) is 6.61 Å². The molecule has 1 N–H and O–H groups in total. The molecule has 3 rings (SSSR count). The molecule has 32 heavy (non-hydrogen) atoms. The van der Waals surface area contributed by atoms with Crippen LogP contribution in [0.1, 0.15) is 30.5 Å². The number of fused-ring (bicyclic) bond motifs is 1. The number of ether oxygens (including phenoxy) is 2. The maximum atomic E-state index is 13.0. The summed E-state index contributed by atoms with van der Waals surface area (Å²) >= 11 is 0. The van der Waals surface area contributed by atoms with Crippen LogP contribution in [0.15, 0.2) is 30.3 Å². The fourth-order valence-electron chi connectivity index (χ4n) is 3.52. The van der Waals surface area contributed by atoms with Crippen LogP contribution in [0, 0.1) is 18.8 Å². The molecule has 0 aromatic heterocycles. The van der Waals surface area contributed by atoms with Crippen LogP contribution in [0.2, 0.25) is 0 Å². The molecule has 1 unspecified atom stereocenters. The first kappa shape index (κ1) is 23.2. The zero-order valence-electron chi connectivity index (χ0n) is 17.5. The quantitative estimate of drug-likeness (QED) is 0.712. The number of nitrogens with zero attached hydrogens (tertiary/aromatic N) is 1. The summed E-state index contributed by atoms with van der Waals surface area (Å²) in [7, 11) is 0. The first-order valence-electron chi connectivity index (χ1n) is 9.71. The van der Waals surface area contributed by atoms with Gasteiger partial charge in [-0.3, -0.25) is 4.79 Å². The predicted molar refractivity (Wildman–Crippen MR) is 110 cm³/mol. The molecule has 2 aromatic carbocycles.